The van der Waals surface area contributed by atoms with E-state index in [9.17, 15) is 4.79 Å². The molecule has 0 saturated heterocycles. The van der Waals surface area contributed by atoms with Crippen molar-refractivity contribution in [2.24, 2.45) is 0 Å². The summed E-state index contributed by atoms with van der Waals surface area (Å²) in [6.45, 7) is 0. The van der Waals surface area contributed by atoms with E-state index < -0.39 is 0 Å². The number of rotatable bonds is 2. The number of hydrogen-bond acceptors (Lipinski definition) is 5. The molecule has 0 amide bonds. The molecule has 0 saturated carbocycles. The fraction of sp³-hybridized carbons (Fsp3) is 0. The second kappa shape index (κ2) is 6.05. The van der Waals surface area contributed by atoms with Gasteiger partial charge in [0.2, 0.25) is 0 Å². The molecule has 4 aromatic rings. The Morgan fingerprint density at radius 1 is 1.12 bits per heavy atom. The Morgan fingerprint density at radius 2 is 1.88 bits per heavy atom. The smallest absolute Gasteiger partial charge is 0.280 e. The lowest BCUT2D eigenvalue weighted by Gasteiger charge is -2.11. The number of anilines is 1. The lowest BCUT2D eigenvalue weighted by Crippen LogP contribution is -2.30. The van der Waals surface area contributed by atoms with Gasteiger partial charge in [-0.2, -0.15) is 5.10 Å². The highest BCUT2D eigenvalue weighted by Gasteiger charge is 2.22. The zero-order valence-electron chi connectivity index (χ0n) is 13.2. The summed E-state index contributed by atoms with van der Waals surface area (Å²) in [7, 11) is 0. The molecule has 2 heterocycles. The van der Waals surface area contributed by atoms with E-state index in [4.69, 9.17) is 34.8 Å². The van der Waals surface area contributed by atoms with Gasteiger partial charge in [-0.3, -0.25) is 9.89 Å². The molecule has 4 rings (SSSR count). The highest BCUT2D eigenvalue weighted by Crippen LogP contribution is 2.37. The normalized spacial score (nSPS) is 11.2. The summed E-state index contributed by atoms with van der Waals surface area (Å²) in [5.41, 5.74) is 7.63. The summed E-state index contributed by atoms with van der Waals surface area (Å²) in [4.78, 5) is 17.1. The number of nitrogens with zero attached hydrogens (tertiary/aromatic N) is 3. The molecule has 2 aromatic carbocycles. The van der Waals surface area contributed by atoms with Crippen molar-refractivity contribution < 1.29 is 0 Å². The molecular formula is C17H12Cl2N6O. The molecule has 0 aliphatic carbocycles. The van der Waals surface area contributed by atoms with Crippen molar-refractivity contribution in [3.8, 4) is 22.6 Å². The molecule has 0 aliphatic heterocycles. The number of aromatic nitrogens is 4. The molecule has 0 spiro atoms. The first-order valence-corrected chi connectivity index (χ1v) is 8.29. The third-order valence-corrected chi connectivity index (χ3v) is 4.57. The van der Waals surface area contributed by atoms with Crippen LogP contribution in [0.4, 0.5) is 5.82 Å². The third-order valence-electron chi connectivity index (χ3n) is 4.03. The lowest BCUT2D eigenvalue weighted by atomic mass is 10.1. The van der Waals surface area contributed by atoms with Gasteiger partial charge < -0.3 is 11.6 Å². The second-order valence-corrected chi connectivity index (χ2v) is 6.45. The molecule has 2 aromatic heterocycles. The Hall–Kier alpha value is -3.03. The van der Waals surface area contributed by atoms with Crippen LogP contribution in [0.2, 0.25) is 10.0 Å². The summed E-state index contributed by atoms with van der Waals surface area (Å²) in [5.74, 6) is 6.34. The van der Waals surface area contributed by atoms with Crippen molar-refractivity contribution in [1.82, 2.24) is 19.9 Å². The van der Waals surface area contributed by atoms with Crippen LogP contribution in [-0.2, 0) is 0 Å². The van der Waals surface area contributed by atoms with E-state index in [2.05, 4.69) is 15.2 Å². The van der Waals surface area contributed by atoms with Crippen molar-refractivity contribution >= 4 is 39.9 Å². The molecule has 9 heteroatoms. The molecule has 130 valence electrons. The Kier molecular flexibility index (Phi) is 3.82. The molecule has 7 nitrogen and oxygen atoms in total. The van der Waals surface area contributed by atoms with E-state index in [-0.39, 0.29) is 17.2 Å². The van der Waals surface area contributed by atoms with E-state index in [1.54, 1.807) is 42.5 Å². The number of fused-ring (bicyclic) bond motifs is 1. The van der Waals surface area contributed by atoms with Gasteiger partial charge in [0.05, 0.1) is 27.2 Å². The minimum absolute atomic E-state index is 0.146. The highest BCUT2D eigenvalue weighted by atomic mass is 35.5. The van der Waals surface area contributed by atoms with Crippen molar-refractivity contribution in [3.05, 3.63) is 62.9 Å². The maximum Gasteiger partial charge on any atom is 0.280 e. The summed E-state index contributed by atoms with van der Waals surface area (Å²) >= 11 is 12.3. The van der Waals surface area contributed by atoms with Gasteiger partial charge in [0.15, 0.2) is 11.6 Å². The zero-order chi connectivity index (χ0) is 18.4. The monoisotopic (exact) mass is 386 g/mol. The highest BCUT2D eigenvalue weighted by molar-refractivity contribution is 6.36. The Morgan fingerprint density at radius 3 is 2.65 bits per heavy atom. The standard InChI is InChI=1S/C17H12Cl2N6O/c18-8-5-6-9(11(19)7-8)14-13(15(20)24-23-14)16-22-12-4-2-1-3-10(12)17(26)25(16)21/h1-7H,21H2,(H3,20,23,24). The summed E-state index contributed by atoms with van der Waals surface area (Å²) < 4.78 is 0.955. The number of aromatic amines is 1. The van der Waals surface area contributed by atoms with E-state index in [1.165, 1.54) is 0 Å². The van der Waals surface area contributed by atoms with Gasteiger partial charge in [-0.1, -0.05) is 35.3 Å². The van der Waals surface area contributed by atoms with E-state index in [0.29, 0.717) is 37.8 Å². The van der Waals surface area contributed by atoms with Crippen molar-refractivity contribution in [2.75, 3.05) is 11.6 Å². The molecule has 0 atom stereocenters. The lowest BCUT2D eigenvalue weighted by molar-refractivity contribution is 0.928. The van der Waals surface area contributed by atoms with E-state index in [0.717, 1.165) is 4.68 Å². The first-order chi connectivity index (χ1) is 12.5. The van der Waals surface area contributed by atoms with Crippen LogP contribution in [-0.4, -0.2) is 19.9 Å². The predicted molar refractivity (Wildman–Crippen MR) is 104 cm³/mol. The van der Waals surface area contributed by atoms with Crippen molar-refractivity contribution in [3.63, 3.8) is 0 Å². The first-order valence-electron chi connectivity index (χ1n) is 7.54. The van der Waals surface area contributed by atoms with Gasteiger partial charge in [-0.25, -0.2) is 9.66 Å². The average molecular weight is 387 g/mol. The number of benzene rings is 2. The van der Waals surface area contributed by atoms with E-state index >= 15 is 0 Å². The van der Waals surface area contributed by atoms with Gasteiger partial charge in [0.1, 0.15) is 0 Å². The number of hydrogen-bond donors (Lipinski definition) is 3. The van der Waals surface area contributed by atoms with Crippen molar-refractivity contribution in [1.29, 1.82) is 0 Å². The zero-order valence-corrected chi connectivity index (χ0v) is 14.7. The summed E-state index contributed by atoms with van der Waals surface area (Å²) in [6, 6.07) is 11.9. The number of halogens is 2. The van der Waals surface area contributed by atoms with Crippen LogP contribution in [0, 0.1) is 0 Å². The predicted octanol–water partition coefficient (Wildman–Crippen LogP) is 3.06. The molecule has 0 bridgehead atoms. The van der Waals surface area contributed by atoms with Crippen molar-refractivity contribution in [2.45, 2.75) is 0 Å². The molecule has 0 aliphatic rings. The van der Waals surface area contributed by atoms with Crippen LogP contribution < -0.4 is 17.1 Å². The minimum Gasteiger partial charge on any atom is -0.382 e. The van der Waals surface area contributed by atoms with Gasteiger partial charge in [0.25, 0.3) is 5.56 Å². The molecular weight excluding hydrogens is 375 g/mol. The number of para-hydroxylation sites is 1. The summed E-state index contributed by atoms with van der Waals surface area (Å²) in [6.07, 6.45) is 0. The number of nitrogen functional groups attached to an aromatic ring is 2. The molecule has 26 heavy (non-hydrogen) atoms. The number of nitrogens with one attached hydrogen (secondary N) is 1. The van der Waals surface area contributed by atoms with Crippen LogP contribution >= 0.6 is 23.2 Å². The van der Waals surface area contributed by atoms with Gasteiger partial charge in [-0.05, 0) is 30.3 Å². The van der Waals surface area contributed by atoms with Crippen LogP contribution in [0.25, 0.3) is 33.5 Å². The minimum atomic E-state index is -0.389. The Bertz CT molecular complexity index is 1210. The van der Waals surface area contributed by atoms with Gasteiger partial charge in [0, 0.05) is 10.6 Å². The Balaban J connectivity index is 2.04. The van der Waals surface area contributed by atoms with Crippen LogP contribution in [0.15, 0.2) is 47.3 Å². The third kappa shape index (κ3) is 2.49. The molecule has 0 unspecified atom stereocenters. The number of H-pyrrole nitrogens is 1. The van der Waals surface area contributed by atoms with Gasteiger partial charge >= 0.3 is 0 Å². The molecule has 0 fully saturated rings. The topological polar surface area (TPSA) is 116 Å². The van der Waals surface area contributed by atoms with Crippen LogP contribution in [0.1, 0.15) is 0 Å². The van der Waals surface area contributed by atoms with Crippen LogP contribution in [0.5, 0.6) is 0 Å². The largest absolute Gasteiger partial charge is 0.382 e. The maximum atomic E-state index is 12.6. The van der Waals surface area contributed by atoms with Gasteiger partial charge in [-0.15, -0.1) is 0 Å². The average Bonchev–Trinajstić information content (AvgIpc) is 2.99. The van der Waals surface area contributed by atoms with E-state index in [1.807, 2.05) is 0 Å². The quantitative estimate of drug-likeness (QED) is 0.457. The SMILES string of the molecule is Nc1n[nH]c(-c2ccc(Cl)cc2Cl)c1-c1nc2ccccc2c(=O)n1N. The second-order valence-electron chi connectivity index (χ2n) is 5.61. The van der Waals surface area contributed by atoms with Crippen LogP contribution in [0.3, 0.4) is 0 Å². The maximum absolute atomic E-state index is 12.6. The Labute approximate surface area is 157 Å². The fourth-order valence-electron chi connectivity index (χ4n) is 2.79. The first kappa shape index (κ1) is 16.4. The molecule has 5 N–H and O–H groups in total. The molecule has 0 radical (unpaired) electrons. The number of nitrogens with two attached hydrogens (primary N) is 2. The fourth-order valence-corrected chi connectivity index (χ4v) is 3.29. The summed E-state index contributed by atoms with van der Waals surface area (Å²) in [5, 5.41) is 8.16.